The van der Waals surface area contributed by atoms with E-state index in [1.165, 1.54) is 6.20 Å². The van der Waals surface area contributed by atoms with Gasteiger partial charge in [-0.15, -0.1) is 0 Å². The number of hydrogen-bond donors (Lipinski definition) is 1. The van der Waals surface area contributed by atoms with Gasteiger partial charge in [-0.2, -0.15) is 0 Å². The fraction of sp³-hybridized carbons (Fsp3) is 0.471. The summed E-state index contributed by atoms with van der Waals surface area (Å²) < 4.78 is 17.1. The van der Waals surface area contributed by atoms with E-state index in [1.807, 2.05) is 52.0 Å². The van der Waals surface area contributed by atoms with E-state index in [0.29, 0.717) is 12.0 Å². The van der Waals surface area contributed by atoms with E-state index in [2.05, 4.69) is 4.99 Å². The lowest BCUT2D eigenvalue weighted by molar-refractivity contribution is 0.00578. The maximum absolute atomic E-state index is 6.34. The number of nitrogens with zero attached hydrogens (tertiary/aromatic N) is 1. The Hall–Kier alpha value is -1.50. The molecule has 0 amide bonds. The van der Waals surface area contributed by atoms with Gasteiger partial charge in [-0.25, -0.2) is 0 Å². The molecule has 0 unspecified atom stereocenters. The van der Waals surface area contributed by atoms with Crippen molar-refractivity contribution in [2.75, 3.05) is 7.11 Å². The Bertz CT molecular complexity index is 626. The van der Waals surface area contributed by atoms with Crippen LogP contribution in [0.1, 0.15) is 33.3 Å². The Kier molecular flexibility index (Phi) is 5.63. The zero-order valence-corrected chi connectivity index (χ0v) is 15.6. The maximum Gasteiger partial charge on any atom is 0.499 e. The van der Waals surface area contributed by atoms with Crippen molar-refractivity contribution in [1.29, 1.82) is 0 Å². The standard InChI is InChI=1S/C17H24BClN2O3/c1-16(2)17(3,4)24-18(23-16)14(10-20)15(19)21-11-12-6-8-13(22-5)9-7-12/h6-10H,11,20H2,1-5H3. The van der Waals surface area contributed by atoms with Crippen molar-refractivity contribution < 1.29 is 14.0 Å². The molecule has 0 aliphatic carbocycles. The number of methoxy groups -OCH3 is 1. The minimum Gasteiger partial charge on any atom is -0.497 e. The van der Waals surface area contributed by atoms with Crippen molar-refractivity contribution in [3.05, 3.63) is 41.5 Å². The van der Waals surface area contributed by atoms with Crippen LogP contribution < -0.4 is 10.5 Å². The van der Waals surface area contributed by atoms with Crippen LogP contribution in [-0.4, -0.2) is 30.6 Å². The summed E-state index contributed by atoms with van der Waals surface area (Å²) in [7, 11) is 1.000. The van der Waals surface area contributed by atoms with Crippen molar-refractivity contribution in [1.82, 2.24) is 0 Å². The number of allylic oxidation sites excluding steroid dienone is 1. The minimum absolute atomic E-state index is 0.284. The van der Waals surface area contributed by atoms with E-state index in [0.717, 1.165) is 11.3 Å². The molecule has 2 rings (SSSR count). The number of nitrogens with two attached hydrogens (primary N) is 1. The third-order valence-electron chi connectivity index (χ3n) is 4.48. The van der Waals surface area contributed by atoms with Crippen LogP contribution in [0.25, 0.3) is 0 Å². The topological polar surface area (TPSA) is 66.1 Å². The molecule has 0 saturated carbocycles. The molecule has 0 atom stereocenters. The van der Waals surface area contributed by atoms with E-state index in [4.69, 9.17) is 31.4 Å². The molecule has 2 N–H and O–H groups in total. The second kappa shape index (κ2) is 7.17. The summed E-state index contributed by atoms with van der Waals surface area (Å²) in [5.74, 6) is 0.800. The molecule has 0 bridgehead atoms. The van der Waals surface area contributed by atoms with E-state index in [-0.39, 0.29) is 5.17 Å². The van der Waals surface area contributed by atoms with E-state index >= 15 is 0 Å². The first-order valence-corrected chi connectivity index (χ1v) is 8.18. The molecule has 130 valence electrons. The van der Waals surface area contributed by atoms with Crippen LogP contribution >= 0.6 is 11.6 Å². The lowest BCUT2D eigenvalue weighted by atomic mass is 9.79. The van der Waals surface area contributed by atoms with Crippen LogP contribution in [-0.2, 0) is 15.9 Å². The van der Waals surface area contributed by atoms with Crippen molar-refractivity contribution in [2.45, 2.75) is 45.4 Å². The molecule has 5 nitrogen and oxygen atoms in total. The number of rotatable bonds is 5. The Labute approximate surface area is 149 Å². The van der Waals surface area contributed by atoms with Gasteiger partial charge in [0.05, 0.1) is 24.9 Å². The summed E-state index contributed by atoms with van der Waals surface area (Å²) in [4.78, 5) is 4.39. The molecular formula is C17H24BClN2O3. The lowest BCUT2D eigenvalue weighted by Gasteiger charge is -2.32. The maximum atomic E-state index is 6.34. The van der Waals surface area contributed by atoms with E-state index in [1.54, 1.807) is 7.11 Å². The van der Waals surface area contributed by atoms with Crippen molar-refractivity contribution >= 4 is 23.9 Å². The molecule has 0 radical (unpaired) electrons. The Morgan fingerprint density at radius 2 is 1.75 bits per heavy atom. The lowest BCUT2D eigenvalue weighted by Crippen LogP contribution is -2.41. The minimum atomic E-state index is -0.632. The molecule has 1 heterocycles. The summed E-state index contributed by atoms with van der Waals surface area (Å²) in [6.45, 7) is 8.33. The predicted octanol–water partition coefficient (Wildman–Crippen LogP) is 3.31. The summed E-state index contributed by atoms with van der Waals surface area (Å²) in [5.41, 5.74) is 6.36. The molecule has 1 fully saturated rings. The molecule has 1 aliphatic rings. The van der Waals surface area contributed by atoms with E-state index in [9.17, 15) is 0 Å². The van der Waals surface area contributed by atoms with Gasteiger partial charge in [0.25, 0.3) is 0 Å². The number of benzene rings is 1. The third-order valence-corrected chi connectivity index (χ3v) is 4.82. The predicted molar refractivity (Wildman–Crippen MR) is 98.3 cm³/mol. The van der Waals surface area contributed by atoms with Crippen LogP contribution in [0.4, 0.5) is 0 Å². The molecule has 0 spiro atoms. The monoisotopic (exact) mass is 350 g/mol. The van der Waals surface area contributed by atoms with Gasteiger partial charge in [0, 0.05) is 5.47 Å². The normalized spacial score (nSPS) is 20.3. The molecule has 24 heavy (non-hydrogen) atoms. The van der Waals surface area contributed by atoms with Crippen LogP contribution in [0.15, 0.2) is 40.9 Å². The zero-order valence-electron chi connectivity index (χ0n) is 14.8. The van der Waals surface area contributed by atoms with Gasteiger partial charge in [-0.3, -0.25) is 4.99 Å². The SMILES string of the molecule is COc1ccc(CN=C(Cl)C(=CN)B2OC(C)(C)C(C)(C)O2)cc1. The Morgan fingerprint density at radius 3 is 2.21 bits per heavy atom. The second-order valence-corrected chi connectivity index (χ2v) is 7.02. The highest BCUT2D eigenvalue weighted by Gasteiger charge is 2.53. The van der Waals surface area contributed by atoms with Crippen molar-refractivity contribution in [3.8, 4) is 5.75 Å². The zero-order chi connectivity index (χ0) is 18.0. The molecule has 1 aliphatic heterocycles. The first kappa shape index (κ1) is 18.8. The van der Waals surface area contributed by atoms with Gasteiger partial charge >= 0.3 is 7.12 Å². The van der Waals surface area contributed by atoms with E-state index < -0.39 is 18.3 Å². The van der Waals surface area contributed by atoms with Crippen LogP contribution in [0, 0.1) is 0 Å². The number of ether oxygens (including phenoxy) is 1. The number of aliphatic imine (C=N–C) groups is 1. The molecule has 1 aromatic rings. The molecule has 1 saturated heterocycles. The smallest absolute Gasteiger partial charge is 0.497 e. The molecule has 1 aromatic carbocycles. The van der Waals surface area contributed by atoms with Gasteiger partial charge < -0.3 is 19.8 Å². The van der Waals surface area contributed by atoms with Crippen LogP contribution in [0.5, 0.6) is 5.75 Å². The average Bonchev–Trinajstić information content (AvgIpc) is 2.74. The summed E-state index contributed by atoms with van der Waals surface area (Å²) in [5, 5.41) is 0.284. The van der Waals surface area contributed by atoms with Crippen molar-refractivity contribution in [3.63, 3.8) is 0 Å². The Balaban J connectivity index is 2.10. The first-order valence-electron chi connectivity index (χ1n) is 7.81. The van der Waals surface area contributed by atoms with Crippen molar-refractivity contribution in [2.24, 2.45) is 10.7 Å². The Morgan fingerprint density at radius 1 is 1.21 bits per heavy atom. The fourth-order valence-corrected chi connectivity index (χ4v) is 2.41. The van der Waals surface area contributed by atoms with Crippen LogP contribution in [0.3, 0.4) is 0 Å². The molecule has 0 aromatic heterocycles. The quantitative estimate of drug-likeness (QED) is 0.653. The highest BCUT2D eigenvalue weighted by Crippen LogP contribution is 2.38. The largest absolute Gasteiger partial charge is 0.499 e. The number of hydrogen-bond acceptors (Lipinski definition) is 5. The van der Waals surface area contributed by atoms with Gasteiger partial charge in [-0.1, -0.05) is 23.7 Å². The highest BCUT2D eigenvalue weighted by atomic mass is 35.5. The summed E-state index contributed by atoms with van der Waals surface area (Å²) in [6, 6.07) is 7.64. The third kappa shape index (κ3) is 3.94. The fourth-order valence-electron chi connectivity index (χ4n) is 2.20. The van der Waals surface area contributed by atoms with Gasteiger partial charge in [0.1, 0.15) is 10.9 Å². The van der Waals surface area contributed by atoms with Crippen LogP contribution in [0.2, 0.25) is 0 Å². The average molecular weight is 351 g/mol. The summed E-state index contributed by atoms with van der Waals surface area (Å²) in [6.07, 6.45) is 1.39. The summed E-state index contributed by atoms with van der Waals surface area (Å²) >= 11 is 6.34. The van der Waals surface area contributed by atoms with Gasteiger partial charge in [-0.05, 0) is 51.6 Å². The molecular weight excluding hydrogens is 326 g/mol. The number of halogens is 1. The van der Waals surface area contributed by atoms with Gasteiger partial charge in [0.15, 0.2) is 0 Å². The van der Waals surface area contributed by atoms with Gasteiger partial charge in [0.2, 0.25) is 0 Å². The first-order chi connectivity index (χ1) is 11.2. The second-order valence-electron chi connectivity index (χ2n) is 6.67. The highest BCUT2D eigenvalue weighted by molar-refractivity contribution is 6.80. The molecule has 7 heteroatoms.